The Kier molecular flexibility index (Phi) is 5.34. The highest BCUT2D eigenvalue weighted by atomic mass is 16.6. The third-order valence-corrected chi connectivity index (χ3v) is 2.28. The van der Waals surface area contributed by atoms with Crippen molar-refractivity contribution >= 4 is 11.4 Å². The van der Waals surface area contributed by atoms with E-state index in [4.69, 9.17) is 14.9 Å². The number of hydrogen-bond acceptors (Lipinski definition) is 6. The SMILES string of the molecule is CCOc1cccc(NC(CO)CO)c1[N+](=O)[O-]. The molecule has 0 heterocycles. The lowest BCUT2D eigenvalue weighted by Gasteiger charge is -2.15. The Morgan fingerprint density at radius 1 is 1.44 bits per heavy atom. The number of ether oxygens (including phenoxy) is 1. The van der Waals surface area contributed by atoms with E-state index < -0.39 is 11.0 Å². The van der Waals surface area contributed by atoms with Crippen LogP contribution in [-0.2, 0) is 0 Å². The molecule has 0 saturated carbocycles. The lowest BCUT2D eigenvalue weighted by atomic mass is 10.2. The van der Waals surface area contributed by atoms with E-state index in [1.165, 1.54) is 12.1 Å². The lowest BCUT2D eigenvalue weighted by Crippen LogP contribution is -2.28. The van der Waals surface area contributed by atoms with Crippen molar-refractivity contribution in [1.82, 2.24) is 0 Å². The van der Waals surface area contributed by atoms with Gasteiger partial charge in [-0.05, 0) is 19.1 Å². The van der Waals surface area contributed by atoms with Crippen LogP contribution in [0.15, 0.2) is 18.2 Å². The summed E-state index contributed by atoms with van der Waals surface area (Å²) < 4.78 is 5.18. The highest BCUT2D eigenvalue weighted by Crippen LogP contribution is 2.34. The van der Waals surface area contributed by atoms with Gasteiger partial charge in [-0.25, -0.2) is 0 Å². The third kappa shape index (κ3) is 3.31. The van der Waals surface area contributed by atoms with E-state index in [0.717, 1.165) is 0 Å². The number of nitro benzene ring substituents is 1. The smallest absolute Gasteiger partial charge is 0.333 e. The first-order valence-corrected chi connectivity index (χ1v) is 5.52. The molecule has 0 unspecified atom stereocenters. The maximum Gasteiger partial charge on any atom is 0.333 e. The van der Waals surface area contributed by atoms with Crippen molar-refractivity contribution in [2.24, 2.45) is 0 Å². The van der Waals surface area contributed by atoms with Gasteiger partial charge in [0.25, 0.3) is 0 Å². The zero-order valence-electron chi connectivity index (χ0n) is 10.00. The number of aliphatic hydroxyl groups excluding tert-OH is 2. The Morgan fingerprint density at radius 2 is 2.11 bits per heavy atom. The first kappa shape index (κ1) is 14.2. The fourth-order valence-electron chi connectivity index (χ4n) is 1.47. The van der Waals surface area contributed by atoms with Crippen molar-refractivity contribution < 1.29 is 19.9 Å². The minimum atomic E-state index is -0.652. The molecule has 1 rings (SSSR count). The van der Waals surface area contributed by atoms with Crippen LogP contribution in [-0.4, -0.2) is 41.0 Å². The van der Waals surface area contributed by atoms with Crippen molar-refractivity contribution in [1.29, 1.82) is 0 Å². The van der Waals surface area contributed by atoms with Gasteiger partial charge in [0.05, 0.1) is 30.8 Å². The molecule has 0 amide bonds. The molecule has 0 bridgehead atoms. The number of aliphatic hydroxyl groups is 2. The summed E-state index contributed by atoms with van der Waals surface area (Å²) in [4.78, 5) is 10.5. The van der Waals surface area contributed by atoms with Crippen LogP contribution in [0.2, 0.25) is 0 Å². The van der Waals surface area contributed by atoms with Crippen LogP contribution in [0, 0.1) is 10.1 Å². The van der Waals surface area contributed by atoms with Crippen LogP contribution >= 0.6 is 0 Å². The van der Waals surface area contributed by atoms with Crippen LogP contribution in [0.4, 0.5) is 11.4 Å². The Bertz CT molecular complexity index is 406. The summed E-state index contributed by atoms with van der Waals surface area (Å²) in [5.41, 5.74) is 0.00491. The van der Waals surface area contributed by atoms with E-state index in [-0.39, 0.29) is 30.3 Å². The first-order valence-electron chi connectivity index (χ1n) is 5.52. The molecule has 0 aliphatic heterocycles. The summed E-state index contributed by atoms with van der Waals surface area (Å²) in [6, 6.07) is 3.95. The van der Waals surface area contributed by atoms with Gasteiger partial charge in [-0.1, -0.05) is 6.07 Å². The fourth-order valence-corrected chi connectivity index (χ4v) is 1.47. The van der Waals surface area contributed by atoms with Crippen molar-refractivity contribution in [2.45, 2.75) is 13.0 Å². The maximum atomic E-state index is 11.0. The largest absolute Gasteiger partial charge is 0.487 e. The predicted molar refractivity (Wildman–Crippen MR) is 65.8 cm³/mol. The second-order valence-electron chi connectivity index (χ2n) is 3.55. The molecule has 0 atom stereocenters. The molecule has 0 fully saturated rings. The molecule has 18 heavy (non-hydrogen) atoms. The molecule has 1 aromatic rings. The molecule has 0 aliphatic rings. The Hall–Kier alpha value is -1.86. The zero-order chi connectivity index (χ0) is 13.5. The number of hydrogen-bond donors (Lipinski definition) is 3. The van der Waals surface area contributed by atoms with Crippen molar-refractivity contribution in [3.8, 4) is 5.75 Å². The quantitative estimate of drug-likeness (QED) is 0.491. The molecule has 0 saturated heterocycles. The fraction of sp³-hybridized carbons (Fsp3) is 0.455. The molecular formula is C11H16N2O5. The zero-order valence-corrected chi connectivity index (χ0v) is 10.00. The van der Waals surface area contributed by atoms with Crippen LogP contribution in [0.5, 0.6) is 5.75 Å². The number of rotatable bonds is 7. The Labute approximate surface area is 104 Å². The van der Waals surface area contributed by atoms with Gasteiger partial charge in [-0.15, -0.1) is 0 Å². The second-order valence-corrected chi connectivity index (χ2v) is 3.55. The number of para-hydroxylation sites is 1. The molecule has 0 spiro atoms. The lowest BCUT2D eigenvalue weighted by molar-refractivity contribution is -0.385. The highest BCUT2D eigenvalue weighted by Gasteiger charge is 2.22. The summed E-state index contributed by atoms with van der Waals surface area (Å²) >= 11 is 0. The molecule has 0 aliphatic carbocycles. The van der Waals surface area contributed by atoms with Gasteiger partial charge in [0.2, 0.25) is 0 Å². The summed E-state index contributed by atoms with van der Waals surface area (Å²) in [6.07, 6.45) is 0. The van der Waals surface area contributed by atoms with Gasteiger partial charge >= 0.3 is 5.69 Å². The highest BCUT2D eigenvalue weighted by molar-refractivity contribution is 5.68. The number of nitrogens with zero attached hydrogens (tertiary/aromatic N) is 1. The van der Waals surface area contributed by atoms with Crippen LogP contribution in [0.1, 0.15) is 6.92 Å². The van der Waals surface area contributed by atoms with E-state index in [1.807, 2.05) is 0 Å². The average Bonchev–Trinajstić information content (AvgIpc) is 2.36. The van der Waals surface area contributed by atoms with E-state index >= 15 is 0 Å². The van der Waals surface area contributed by atoms with Gasteiger partial charge in [0, 0.05) is 0 Å². The van der Waals surface area contributed by atoms with Crippen molar-refractivity contribution in [2.75, 3.05) is 25.1 Å². The van der Waals surface area contributed by atoms with E-state index in [9.17, 15) is 10.1 Å². The number of benzene rings is 1. The predicted octanol–water partition coefficient (Wildman–Crippen LogP) is 0.759. The standard InChI is InChI=1S/C11H16N2O5/c1-2-18-10-5-3-4-9(11(10)13(16)17)12-8(6-14)7-15/h3-5,8,12,14-15H,2,6-7H2,1H3. The summed E-state index contributed by atoms with van der Waals surface area (Å²) in [7, 11) is 0. The molecule has 0 aromatic heterocycles. The normalized spacial score (nSPS) is 10.4. The maximum absolute atomic E-state index is 11.0. The molecule has 1 aromatic carbocycles. The monoisotopic (exact) mass is 256 g/mol. The van der Waals surface area contributed by atoms with Crippen molar-refractivity contribution in [3.63, 3.8) is 0 Å². The van der Waals surface area contributed by atoms with Gasteiger partial charge in [-0.3, -0.25) is 10.1 Å². The van der Waals surface area contributed by atoms with Crippen LogP contribution < -0.4 is 10.1 Å². The summed E-state index contributed by atoms with van der Waals surface area (Å²) in [5, 5.41) is 31.7. The van der Waals surface area contributed by atoms with Gasteiger partial charge in [0.15, 0.2) is 5.75 Å². The minimum absolute atomic E-state index is 0.155. The Balaban J connectivity index is 3.09. The van der Waals surface area contributed by atoms with Crippen molar-refractivity contribution in [3.05, 3.63) is 28.3 Å². The van der Waals surface area contributed by atoms with Gasteiger partial charge < -0.3 is 20.3 Å². The molecule has 7 heteroatoms. The number of nitrogens with one attached hydrogen (secondary N) is 1. The molecule has 100 valence electrons. The van der Waals surface area contributed by atoms with E-state index in [0.29, 0.717) is 6.61 Å². The molecular weight excluding hydrogens is 240 g/mol. The number of anilines is 1. The minimum Gasteiger partial charge on any atom is -0.487 e. The summed E-state index contributed by atoms with van der Waals surface area (Å²) in [5.74, 6) is 0.155. The van der Waals surface area contributed by atoms with E-state index in [1.54, 1.807) is 13.0 Å². The molecule has 0 radical (unpaired) electrons. The van der Waals surface area contributed by atoms with E-state index in [2.05, 4.69) is 5.32 Å². The molecule has 7 nitrogen and oxygen atoms in total. The molecule has 3 N–H and O–H groups in total. The topological polar surface area (TPSA) is 105 Å². The Morgan fingerprint density at radius 3 is 2.61 bits per heavy atom. The van der Waals surface area contributed by atoms with Gasteiger partial charge in [-0.2, -0.15) is 0 Å². The van der Waals surface area contributed by atoms with Gasteiger partial charge in [0.1, 0.15) is 5.69 Å². The third-order valence-electron chi connectivity index (χ3n) is 2.28. The van der Waals surface area contributed by atoms with Crippen LogP contribution in [0.25, 0.3) is 0 Å². The first-order chi connectivity index (χ1) is 8.63. The summed E-state index contributed by atoms with van der Waals surface area (Å²) in [6.45, 7) is 1.39. The second kappa shape index (κ2) is 6.77. The number of nitro groups is 1. The van der Waals surface area contributed by atoms with Crippen LogP contribution in [0.3, 0.4) is 0 Å². The average molecular weight is 256 g/mol.